The molecule has 9 heteroatoms. The fraction of sp³-hybridized carbons (Fsp3) is 0.550. The van der Waals surface area contributed by atoms with E-state index in [0.717, 1.165) is 23.8 Å². The van der Waals surface area contributed by atoms with Crippen molar-refractivity contribution in [3.8, 4) is 0 Å². The number of piperidine rings is 1. The van der Waals surface area contributed by atoms with Crippen molar-refractivity contribution in [2.45, 2.75) is 37.1 Å². The smallest absolute Gasteiger partial charge is 0.251 e. The van der Waals surface area contributed by atoms with Crippen LogP contribution in [0.2, 0.25) is 0 Å². The third-order valence-electron chi connectivity index (χ3n) is 6.41. The summed E-state index contributed by atoms with van der Waals surface area (Å²) in [5.41, 5.74) is 0.559. The number of rotatable bonds is 3. The molecule has 5 atom stereocenters. The maximum atomic E-state index is 13.8. The number of carbonyl (C=O) groups excluding carboxylic acids is 1. The number of hydrogen-bond acceptors (Lipinski definition) is 4. The third kappa shape index (κ3) is 3.64. The lowest BCUT2D eigenvalue weighted by Gasteiger charge is -2.48. The predicted octanol–water partition coefficient (Wildman–Crippen LogP) is 1.33. The SMILES string of the molecule is C=CC(=O)N1CCC2C(C1)NC(c1ccc(F)c(F)c1)NC2C1CCN(C)[N+]1=O. The zero-order valence-corrected chi connectivity index (χ0v) is 16.4. The number of nitrogens with zero attached hydrogens (tertiary/aromatic N) is 3. The number of likely N-dealkylation sites (tertiary alicyclic amines) is 1. The Hall–Kier alpha value is -2.39. The molecule has 3 aliphatic rings. The average Bonchev–Trinajstić information content (AvgIpc) is 3.06. The molecule has 29 heavy (non-hydrogen) atoms. The van der Waals surface area contributed by atoms with Gasteiger partial charge in [0.1, 0.15) is 4.87 Å². The summed E-state index contributed by atoms with van der Waals surface area (Å²) in [4.78, 5) is 27.5. The first-order valence-corrected chi connectivity index (χ1v) is 9.95. The van der Waals surface area contributed by atoms with Gasteiger partial charge in [0.2, 0.25) is 5.91 Å². The Balaban J connectivity index is 1.63. The van der Waals surface area contributed by atoms with Crippen molar-refractivity contribution in [3.63, 3.8) is 0 Å². The van der Waals surface area contributed by atoms with Gasteiger partial charge in [0.25, 0.3) is 6.04 Å². The molecule has 1 amide bonds. The molecule has 2 N–H and O–H groups in total. The Morgan fingerprint density at radius 3 is 2.69 bits per heavy atom. The van der Waals surface area contributed by atoms with Gasteiger partial charge in [-0.15, -0.1) is 5.01 Å². The van der Waals surface area contributed by atoms with Crippen LogP contribution in [-0.4, -0.2) is 65.5 Å². The van der Waals surface area contributed by atoms with Crippen LogP contribution in [0, 0.1) is 22.5 Å². The van der Waals surface area contributed by atoms with Crippen LogP contribution in [0.4, 0.5) is 8.78 Å². The van der Waals surface area contributed by atoms with Gasteiger partial charge in [-0.3, -0.25) is 15.4 Å². The zero-order valence-electron chi connectivity index (χ0n) is 16.4. The van der Waals surface area contributed by atoms with Gasteiger partial charge < -0.3 is 4.90 Å². The van der Waals surface area contributed by atoms with E-state index in [0.29, 0.717) is 25.2 Å². The Labute approximate surface area is 168 Å². The van der Waals surface area contributed by atoms with Crippen LogP contribution in [0.3, 0.4) is 0 Å². The van der Waals surface area contributed by atoms with Gasteiger partial charge in [-0.05, 0) is 36.1 Å². The molecule has 0 aromatic heterocycles. The van der Waals surface area contributed by atoms with Crippen molar-refractivity contribution < 1.29 is 18.4 Å². The highest BCUT2D eigenvalue weighted by molar-refractivity contribution is 5.87. The second-order valence-electron chi connectivity index (χ2n) is 8.05. The van der Waals surface area contributed by atoms with E-state index in [1.54, 1.807) is 17.0 Å². The van der Waals surface area contributed by atoms with E-state index in [4.69, 9.17) is 0 Å². The standard InChI is InChI=1S/C20H26F2N5O2/c1-3-18(28)26-9-6-13-16(11-26)23-20(12-4-5-14(21)15(22)10-12)24-19(13)17-7-8-25(2)27(17)29/h3-5,10,13,16-17,19-20,23-24H,1,6-9,11H2,2H3/q+1. The molecular weight excluding hydrogens is 380 g/mol. The summed E-state index contributed by atoms with van der Waals surface area (Å²) in [6.07, 6.45) is 2.32. The highest BCUT2D eigenvalue weighted by atomic mass is 19.2. The highest BCUT2D eigenvalue weighted by Crippen LogP contribution is 2.33. The summed E-state index contributed by atoms with van der Waals surface area (Å²) in [6.45, 7) is 5.32. The van der Waals surface area contributed by atoms with Crippen LogP contribution < -0.4 is 10.6 Å². The highest BCUT2D eigenvalue weighted by Gasteiger charge is 2.52. The Bertz CT molecular complexity index is 835. The Kier molecular flexibility index (Phi) is 5.35. The minimum absolute atomic E-state index is 0.0729. The van der Waals surface area contributed by atoms with E-state index in [2.05, 4.69) is 17.2 Å². The molecule has 7 nitrogen and oxygen atoms in total. The average molecular weight is 406 g/mol. The topological polar surface area (TPSA) is 67.7 Å². The first-order chi connectivity index (χ1) is 13.9. The van der Waals surface area contributed by atoms with Crippen LogP contribution in [0.1, 0.15) is 24.6 Å². The molecule has 1 aromatic carbocycles. The second kappa shape index (κ2) is 7.79. The number of hydrazine groups is 1. The number of carbonyl (C=O) groups is 1. The fourth-order valence-electron chi connectivity index (χ4n) is 4.86. The lowest BCUT2D eigenvalue weighted by molar-refractivity contribution is -0.709. The number of nitroso groups, excluding NO2 is 1. The summed E-state index contributed by atoms with van der Waals surface area (Å²) in [5, 5.41) is 8.58. The first-order valence-electron chi connectivity index (χ1n) is 9.95. The summed E-state index contributed by atoms with van der Waals surface area (Å²) >= 11 is 0. The molecule has 0 bridgehead atoms. The van der Waals surface area contributed by atoms with Gasteiger partial charge in [0, 0.05) is 25.6 Å². The normalized spacial score (nSPS) is 32.2. The quantitative estimate of drug-likeness (QED) is 0.586. The monoisotopic (exact) mass is 406 g/mol. The van der Waals surface area contributed by atoms with Gasteiger partial charge in [-0.1, -0.05) is 12.6 Å². The molecule has 5 unspecified atom stereocenters. The van der Waals surface area contributed by atoms with E-state index in [1.807, 2.05) is 0 Å². The summed E-state index contributed by atoms with van der Waals surface area (Å²) in [5.74, 6) is -1.81. The van der Waals surface area contributed by atoms with Gasteiger partial charge in [0.05, 0.1) is 30.7 Å². The molecule has 0 radical (unpaired) electrons. The predicted molar refractivity (Wildman–Crippen MR) is 102 cm³/mol. The van der Waals surface area contributed by atoms with Gasteiger partial charge >= 0.3 is 0 Å². The maximum absolute atomic E-state index is 13.8. The van der Waals surface area contributed by atoms with Gasteiger partial charge in [-0.2, -0.15) is 0 Å². The van der Waals surface area contributed by atoms with Crippen molar-refractivity contribution in [2.75, 3.05) is 26.7 Å². The van der Waals surface area contributed by atoms with Crippen LogP contribution in [0.5, 0.6) is 0 Å². The summed E-state index contributed by atoms with van der Waals surface area (Å²) in [7, 11) is 1.77. The molecule has 156 valence electrons. The number of amides is 1. The van der Waals surface area contributed by atoms with Crippen molar-refractivity contribution in [3.05, 3.63) is 53.0 Å². The largest absolute Gasteiger partial charge is 0.338 e. The van der Waals surface area contributed by atoms with E-state index in [-0.39, 0.29) is 30.0 Å². The number of nitrogens with one attached hydrogen (secondary N) is 2. The van der Waals surface area contributed by atoms with Crippen LogP contribution >= 0.6 is 0 Å². The van der Waals surface area contributed by atoms with E-state index in [1.165, 1.54) is 18.2 Å². The first kappa shape index (κ1) is 19.9. The number of halogens is 2. The molecular formula is C20H26F2N5O2+. The molecule has 0 saturated carbocycles. The lowest BCUT2D eigenvalue weighted by Crippen LogP contribution is -2.68. The number of fused-ring (bicyclic) bond motifs is 1. The molecule has 3 saturated heterocycles. The molecule has 3 heterocycles. The minimum Gasteiger partial charge on any atom is -0.338 e. The summed E-state index contributed by atoms with van der Waals surface area (Å²) in [6, 6.07) is 3.35. The van der Waals surface area contributed by atoms with E-state index < -0.39 is 17.8 Å². The van der Waals surface area contributed by atoms with Gasteiger partial charge in [0.15, 0.2) is 11.6 Å². The lowest BCUT2D eigenvalue weighted by atomic mass is 9.78. The Morgan fingerprint density at radius 2 is 2.03 bits per heavy atom. The van der Waals surface area contributed by atoms with Crippen LogP contribution in [0.15, 0.2) is 30.9 Å². The van der Waals surface area contributed by atoms with Crippen molar-refractivity contribution in [1.82, 2.24) is 20.5 Å². The van der Waals surface area contributed by atoms with Crippen molar-refractivity contribution in [2.24, 2.45) is 5.92 Å². The van der Waals surface area contributed by atoms with Crippen molar-refractivity contribution in [1.29, 1.82) is 0 Å². The molecule has 4 rings (SSSR count). The minimum atomic E-state index is -0.914. The third-order valence-corrected chi connectivity index (χ3v) is 6.41. The van der Waals surface area contributed by atoms with Crippen LogP contribution in [0.25, 0.3) is 0 Å². The van der Waals surface area contributed by atoms with E-state index >= 15 is 0 Å². The molecule has 1 aromatic rings. The second-order valence-corrected chi connectivity index (χ2v) is 8.05. The van der Waals surface area contributed by atoms with Gasteiger partial charge in [-0.25, -0.2) is 8.78 Å². The number of benzene rings is 1. The van der Waals surface area contributed by atoms with E-state index in [9.17, 15) is 18.5 Å². The molecule has 3 aliphatic heterocycles. The zero-order chi connectivity index (χ0) is 20.7. The van der Waals surface area contributed by atoms with Crippen LogP contribution in [-0.2, 0) is 4.79 Å². The Morgan fingerprint density at radius 1 is 1.24 bits per heavy atom. The molecule has 3 fully saturated rings. The fourth-order valence-corrected chi connectivity index (χ4v) is 4.86. The summed E-state index contributed by atoms with van der Waals surface area (Å²) < 4.78 is 27.2. The number of hydrogen-bond donors (Lipinski definition) is 2. The molecule has 0 spiro atoms. The van der Waals surface area contributed by atoms with Crippen molar-refractivity contribution >= 4 is 5.91 Å². The maximum Gasteiger partial charge on any atom is 0.251 e. The molecule has 0 aliphatic carbocycles.